The molecule has 5 nitrogen and oxygen atoms in total. The number of nitrogens with zero attached hydrogens (tertiary/aromatic N) is 4. The molecule has 1 saturated heterocycles. The summed E-state index contributed by atoms with van der Waals surface area (Å²) in [6, 6.07) is 10.3. The Morgan fingerprint density at radius 1 is 1.21 bits per heavy atom. The molecule has 3 rings (SSSR count). The molecule has 1 aliphatic heterocycles. The second-order valence-electron chi connectivity index (χ2n) is 6.71. The van der Waals surface area contributed by atoms with Gasteiger partial charge in [0.25, 0.3) is 0 Å². The highest BCUT2D eigenvalue weighted by Gasteiger charge is 2.27. The number of anilines is 1. The highest BCUT2D eigenvalue weighted by Crippen LogP contribution is 2.28. The molecule has 2 heterocycles. The molecule has 0 amide bonds. The Kier molecular flexibility index (Phi) is 5.43. The Morgan fingerprint density at radius 2 is 1.92 bits per heavy atom. The van der Waals surface area contributed by atoms with Gasteiger partial charge in [0.2, 0.25) is 5.95 Å². The third-order valence-corrected chi connectivity index (χ3v) is 4.66. The second-order valence-corrected chi connectivity index (χ2v) is 6.71. The van der Waals surface area contributed by atoms with Crippen LogP contribution in [0.1, 0.15) is 36.5 Å². The van der Waals surface area contributed by atoms with Gasteiger partial charge in [-0.15, -0.1) is 0 Å². The van der Waals surface area contributed by atoms with E-state index in [2.05, 4.69) is 14.9 Å². The molecule has 2 aromatic rings. The van der Waals surface area contributed by atoms with Gasteiger partial charge in [0, 0.05) is 44.6 Å². The minimum atomic E-state index is -0.399. The monoisotopic (exact) mass is 326 g/mol. The summed E-state index contributed by atoms with van der Waals surface area (Å²) in [5.74, 6) is 0.733. The molecule has 1 aliphatic rings. The standard InChI is InChI=1S/C19H26N4O/c1-22(2)19-20-12-15(13-21-19)14-23-10-6-9-17(23)11-18(24)16-7-4-3-5-8-16/h3-5,7-8,12-13,17-18,24H,6,9-11,14H2,1-2H3/t17-,18-/m0/s1. The van der Waals surface area contributed by atoms with Gasteiger partial charge in [0.1, 0.15) is 0 Å². The number of aliphatic hydroxyl groups excluding tert-OH is 1. The Bertz CT molecular complexity index is 630. The van der Waals surface area contributed by atoms with E-state index in [0.717, 1.165) is 43.0 Å². The van der Waals surface area contributed by atoms with Crippen LogP contribution >= 0.6 is 0 Å². The van der Waals surface area contributed by atoms with E-state index in [-0.39, 0.29) is 0 Å². The molecule has 128 valence electrons. The lowest BCUT2D eigenvalue weighted by Gasteiger charge is -2.26. The van der Waals surface area contributed by atoms with Gasteiger partial charge in [0.05, 0.1) is 6.10 Å². The number of likely N-dealkylation sites (tertiary alicyclic amines) is 1. The Labute approximate surface area is 144 Å². The summed E-state index contributed by atoms with van der Waals surface area (Å²) in [6.45, 7) is 1.92. The molecule has 1 aromatic carbocycles. The minimum Gasteiger partial charge on any atom is -0.388 e. The molecule has 1 aromatic heterocycles. The van der Waals surface area contributed by atoms with Crippen LogP contribution in [0.3, 0.4) is 0 Å². The fraction of sp³-hybridized carbons (Fsp3) is 0.474. The smallest absolute Gasteiger partial charge is 0.224 e. The van der Waals surface area contributed by atoms with Crippen molar-refractivity contribution in [3.05, 3.63) is 53.9 Å². The first-order valence-electron chi connectivity index (χ1n) is 8.59. The van der Waals surface area contributed by atoms with E-state index >= 15 is 0 Å². The van der Waals surface area contributed by atoms with Crippen molar-refractivity contribution < 1.29 is 5.11 Å². The number of aromatic nitrogens is 2. The predicted octanol–water partition coefficient (Wildman–Crippen LogP) is 2.63. The predicted molar refractivity (Wildman–Crippen MR) is 95.8 cm³/mol. The Morgan fingerprint density at radius 3 is 2.58 bits per heavy atom. The van der Waals surface area contributed by atoms with Crippen LogP contribution in [0.15, 0.2) is 42.7 Å². The highest BCUT2D eigenvalue weighted by molar-refractivity contribution is 5.26. The van der Waals surface area contributed by atoms with Gasteiger partial charge >= 0.3 is 0 Å². The van der Waals surface area contributed by atoms with E-state index in [1.165, 1.54) is 6.42 Å². The van der Waals surface area contributed by atoms with Crippen molar-refractivity contribution in [3.8, 4) is 0 Å². The molecule has 1 fully saturated rings. The zero-order chi connectivity index (χ0) is 16.9. The van der Waals surface area contributed by atoms with Crippen molar-refractivity contribution in [1.82, 2.24) is 14.9 Å². The largest absolute Gasteiger partial charge is 0.388 e. The van der Waals surface area contributed by atoms with Crippen molar-refractivity contribution >= 4 is 5.95 Å². The van der Waals surface area contributed by atoms with Crippen LogP contribution in [0.4, 0.5) is 5.95 Å². The van der Waals surface area contributed by atoms with Gasteiger partial charge in [-0.2, -0.15) is 0 Å². The van der Waals surface area contributed by atoms with Crippen molar-refractivity contribution in [2.75, 3.05) is 25.5 Å². The van der Waals surface area contributed by atoms with E-state index in [1.807, 2.05) is 61.7 Å². The fourth-order valence-corrected chi connectivity index (χ4v) is 3.33. The first-order valence-corrected chi connectivity index (χ1v) is 8.59. The molecule has 0 spiro atoms. The number of hydrogen-bond donors (Lipinski definition) is 1. The first kappa shape index (κ1) is 16.9. The molecule has 0 unspecified atom stereocenters. The Hall–Kier alpha value is -1.98. The molecular weight excluding hydrogens is 300 g/mol. The summed E-state index contributed by atoms with van der Waals surface area (Å²) in [7, 11) is 3.88. The van der Waals surface area contributed by atoms with Crippen molar-refractivity contribution in [2.24, 2.45) is 0 Å². The number of rotatable bonds is 6. The number of aliphatic hydroxyl groups is 1. The zero-order valence-corrected chi connectivity index (χ0v) is 14.5. The minimum absolute atomic E-state index is 0.399. The number of hydrogen-bond acceptors (Lipinski definition) is 5. The van der Waals surface area contributed by atoms with E-state index in [1.54, 1.807) is 0 Å². The van der Waals surface area contributed by atoms with Gasteiger partial charge in [-0.05, 0) is 31.4 Å². The molecule has 0 saturated carbocycles. The van der Waals surface area contributed by atoms with E-state index in [0.29, 0.717) is 6.04 Å². The van der Waals surface area contributed by atoms with Crippen molar-refractivity contribution in [2.45, 2.75) is 38.0 Å². The van der Waals surface area contributed by atoms with Crippen LogP contribution < -0.4 is 4.90 Å². The fourth-order valence-electron chi connectivity index (χ4n) is 3.33. The van der Waals surface area contributed by atoms with Gasteiger partial charge in [-0.25, -0.2) is 9.97 Å². The summed E-state index contributed by atoms with van der Waals surface area (Å²) in [6.07, 6.45) is 6.52. The maximum absolute atomic E-state index is 10.5. The lowest BCUT2D eigenvalue weighted by atomic mass is 10.0. The molecule has 0 bridgehead atoms. The van der Waals surface area contributed by atoms with Crippen LogP contribution in [0.5, 0.6) is 0 Å². The van der Waals surface area contributed by atoms with Gasteiger partial charge < -0.3 is 10.0 Å². The van der Waals surface area contributed by atoms with Gasteiger partial charge in [-0.1, -0.05) is 30.3 Å². The molecule has 2 atom stereocenters. The van der Waals surface area contributed by atoms with E-state index in [9.17, 15) is 5.11 Å². The molecule has 5 heteroatoms. The lowest BCUT2D eigenvalue weighted by Crippen LogP contribution is -2.30. The molecule has 24 heavy (non-hydrogen) atoms. The SMILES string of the molecule is CN(C)c1ncc(CN2CCC[C@H]2C[C@H](O)c2ccccc2)cn1. The second kappa shape index (κ2) is 7.73. The lowest BCUT2D eigenvalue weighted by molar-refractivity contribution is 0.118. The average Bonchev–Trinajstić information content (AvgIpc) is 3.03. The van der Waals surface area contributed by atoms with Crippen molar-refractivity contribution in [3.63, 3.8) is 0 Å². The normalized spacial score (nSPS) is 19.4. The van der Waals surface area contributed by atoms with Crippen LogP contribution in [-0.2, 0) is 6.54 Å². The summed E-state index contributed by atoms with van der Waals surface area (Å²) < 4.78 is 0. The highest BCUT2D eigenvalue weighted by atomic mass is 16.3. The number of benzene rings is 1. The van der Waals surface area contributed by atoms with Crippen LogP contribution in [0.2, 0.25) is 0 Å². The summed E-state index contributed by atoms with van der Waals surface area (Å²) >= 11 is 0. The van der Waals surface area contributed by atoms with Gasteiger partial charge in [0.15, 0.2) is 0 Å². The van der Waals surface area contributed by atoms with E-state index in [4.69, 9.17) is 0 Å². The molecule has 0 aliphatic carbocycles. The van der Waals surface area contributed by atoms with Crippen LogP contribution in [-0.4, -0.2) is 46.7 Å². The molecular formula is C19H26N4O. The summed E-state index contributed by atoms with van der Waals surface area (Å²) in [4.78, 5) is 13.1. The Balaban J connectivity index is 1.61. The third-order valence-electron chi connectivity index (χ3n) is 4.66. The third kappa shape index (κ3) is 4.10. The van der Waals surface area contributed by atoms with E-state index < -0.39 is 6.10 Å². The van der Waals surface area contributed by atoms with Gasteiger partial charge in [-0.3, -0.25) is 4.90 Å². The van der Waals surface area contributed by atoms with Crippen molar-refractivity contribution in [1.29, 1.82) is 0 Å². The first-order chi connectivity index (χ1) is 11.6. The zero-order valence-electron chi connectivity index (χ0n) is 14.5. The molecule has 1 N–H and O–H groups in total. The quantitative estimate of drug-likeness (QED) is 0.884. The van der Waals surface area contributed by atoms with Crippen LogP contribution in [0, 0.1) is 0 Å². The topological polar surface area (TPSA) is 52.5 Å². The summed E-state index contributed by atoms with van der Waals surface area (Å²) in [5.41, 5.74) is 2.13. The van der Waals surface area contributed by atoms with Crippen LogP contribution in [0.25, 0.3) is 0 Å². The maximum Gasteiger partial charge on any atom is 0.224 e. The average molecular weight is 326 g/mol. The molecule has 0 radical (unpaired) electrons. The maximum atomic E-state index is 10.5. The summed E-state index contributed by atoms with van der Waals surface area (Å²) in [5, 5.41) is 10.5.